The van der Waals surface area contributed by atoms with Gasteiger partial charge in [0.15, 0.2) is 0 Å². The Morgan fingerprint density at radius 2 is 2.00 bits per heavy atom. The van der Waals surface area contributed by atoms with Crippen molar-refractivity contribution in [3.8, 4) is 0 Å². The fraction of sp³-hybridized carbons (Fsp3) is 0.636. The van der Waals surface area contributed by atoms with E-state index in [-0.39, 0.29) is 12.8 Å². The van der Waals surface area contributed by atoms with E-state index in [1.807, 2.05) is 0 Å². The first-order valence-electron chi connectivity index (χ1n) is 5.09. The Balaban J connectivity index is 2.34. The maximum Gasteiger partial charge on any atom is 0.389 e. The summed E-state index contributed by atoms with van der Waals surface area (Å²) < 4.78 is 40.6. The Bertz CT molecular complexity index is 302. The van der Waals surface area contributed by atoms with Crippen molar-refractivity contribution in [2.24, 2.45) is 0 Å². The smallest absolute Gasteiger partial charge is 0.389 e. The molecule has 1 unspecified atom stereocenters. The van der Waals surface area contributed by atoms with Crippen LogP contribution in [0.25, 0.3) is 0 Å². The van der Waals surface area contributed by atoms with Crippen LogP contribution in [-0.2, 0) is 6.42 Å². The van der Waals surface area contributed by atoms with Gasteiger partial charge in [0.25, 0.3) is 0 Å². The molecule has 0 saturated heterocycles. The third-order valence-corrected chi connectivity index (χ3v) is 2.34. The molecule has 1 heterocycles. The third-order valence-electron chi connectivity index (χ3n) is 2.34. The van der Waals surface area contributed by atoms with Crippen LogP contribution in [0, 0.1) is 0 Å². The summed E-state index contributed by atoms with van der Waals surface area (Å²) in [7, 11) is 0. The lowest BCUT2D eigenvalue weighted by atomic mass is 9.92. The van der Waals surface area contributed by atoms with Crippen LogP contribution in [0.4, 0.5) is 13.2 Å². The zero-order valence-electron chi connectivity index (χ0n) is 9.05. The van der Waals surface area contributed by atoms with Crippen LogP contribution in [0.3, 0.4) is 0 Å². The predicted molar refractivity (Wildman–Crippen MR) is 52.9 cm³/mol. The van der Waals surface area contributed by atoms with Gasteiger partial charge in [0.05, 0.1) is 18.1 Å². The molecule has 0 fully saturated rings. The van der Waals surface area contributed by atoms with Crippen molar-refractivity contribution >= 4 is 0 Å². The van der Waals surface area contributed by atoms with Gasteiger partial charge in [0.1, 0.15) is 0 Å². The maximum atomic E-state index is 11.9. The minimum Gasteiger partial charge on any atom is -0.472 e. The van der Waals surface area contributed by atoms with E-state index in [2.05, 4.69) is 0 Å². The molecule has 1 aromatic heterocycles. The fourth-order valence-electron chi connectivity index (χ4n) is 1.59. The van der Waals surface area contributed by atoms with E-state index >= 15 is 0 Å². The third kappa shape index (κ3) is 5.21. The van der Waals surface area contributed by atoms with Crippen molar-refractivity contribution < 1.29 is 22.7 Å². The molecule has 0 saturated carbocycles. The summed E-state index contributed by atoms with van der Waals surface area (Å²) in [4.78, 5) is 0. The fourth-order valence-corrected chi connectivity index (χ4v) is 1.59. The monoisotopic (exact) mass is 236 g/mol. The number of halogens is 3. The lowest BCUT2D eigenvalue weighted by Gasteiger charge is -2.22. The van der Waals surface area contributed by atoms with E-state index in [0.717, 1.165) is 5.56 Å². The standard InChI is InChI=1S/C11H15F3O2/c1-10(15,4-2-5-11(12,13)14)7-9-3-6-16-8-9/h3,6,8,15H,2,4-5,7H2,1H3. The molecule has 0 aliphatic heterocycles. The molecule has 0 aliphatic carbocycles. The summed E-state index contributed by atoms with van der Waals surface area (Å²) in [6.45, 7) is 1.54. The summed E-state index contributed by atoms with van der Waals surface area (Å²) >= 11 is 0. The molecule has 0 spiro atoms. The first-order valence-corrected chi connectivity index (χ1v) is 5.09. The van der Waals surface area contributed by atoms with Crippen LogP contribution in [0.2, 0.25) is 0 Å². The molecule has 1 rings (SSSR count). The zero-order valence-corrected chi connectivity index (χ0v) is 9.05. The van der Waals surface area contributed by atoms with Crippen LogP contribution >= 0.6 is 0 Å². The highest BCUT2D eigenvalue weighted by Gasteiger charge is 2.29. The molecule has 2 nitrogen and oxygen atoms in total. The number of hydrogen-bond acceptors (Lipinski definition) is 2. The highest BCUT2D eigenvalue weighted by atomic mass is 19.4. The summed E-state index contributed by atoms with van der Waals surface area (Å²) in [6.07, 6.45) is -1.67. The van der Waals surface area contributed by atoms with E-state index in [1.165, 1.54) is 19.5 Å². The van der Waals surface area contributed by atoms with Crippen molar-refractivity contribution in [3.05, 3.63) is 24.2 Å². The number of hydrogen-bond donors (Lipinski definition) is 1. The van der Waals surface area contributed by atoms with Gasteiger partial charge in [-0.15, -0.1) is 0 Å². The van der Waals surface area contributed by atoms with Gasteiger partial charge >= 0.3 is 6.18 Å². The molecular weight excluding hydrogens is 221 g/mol. The van der Waals surface area contributed by atoms with Gasteiger partial charge in [0.2, 0.25) is 0 Å². The van der Waals surface area contributed by atoms with Crippen molar-refractivity contribution in [1.29, 1.82) is 0 Å². The second-order valence-electron chi connectivity index (χ2n) is 4.27. The first-order chi connectivity index (χ1) is 7.29. The zero-order chi connectivity index (χ0) is 12.2. The molecule has 0 radical (unpaired) electrons. The highest BCUT2D eigenvalue weighted by molar-refractivity contribution is 5.08. The molecule has 0 aliphatic rings. The molecule has 0 amide bonds. The average molecular weight is 236 g/mol. The Hall–Kier alpha value is -0.970. The summed E-state index contributed by atoms with van der Waals surface area (Å²) in [6, 6.07) is 1.69. The topological polar surface area (TPSA) is 33.4 Å². The van der Waals surface area contributed by atoms with Crippen molar-refractivity contribution in [1.82, 2.24) is 0 Å². The quantitative estimate of drug-likeness (QED) is 0.850. The number of furan rings is 1. The highest BCUT2D eigenvalue weighted by Crippen LogP contribution is 2.26. The van der Waals surface area contributed by atoms with E-state index in [9.17, 15) is 18.3 Å². The molecule has 92 valence electrons. The van der Waals surface area contributed by atoms with Crippen LogP contribution < -0.4 is 0 Å². The Labute approximate surface area is 92.1 Å². The van der Waals surface area contributed by atoms with E-state index < -0.39 is 18.2 Å². The minimum absolute atomic E-state index is 0.0612. The van der Waals surface area contributed by atoms with Gasteiger partial charge in [-0.25, -0.2) is 0 Å². The van der Waals surface area contributed by atoms with Gasteiger partial charge in [-0.1, -0.05) is 0 Å². The van der Waals surface area contributed by atoms with Crippen LogP contribution in [0.1, 0.15) is 31.7 Å². The summed E-state index contributed by atoms with van der Waals surface area (Å²) in [5, 5.41) is 9.87. The maximum absolute atomic E-state index is 11.9. The largest absolute Gasteiger partial charge is 0.472 e. The molecule has 0 bridgehead atoms. The lowest BCUT2D eigenvalue weighted by molar-refractivity contribution is -0.137. The van der Waals surface area contributed by atoms with Crippen molar-refractivity contribution in [3.63, 3.8) is 0 Å². The predicted octanol–water partition coefficient (Wildman–Crippen LogP) is 3.31. The van der Waals surface area contributed by atoms with Gasteiger partial charge in [-0.3, -0.25) is 0 Å². The van der Waals surface area contributed by atoms with Crippen LogP contribution in [0.5, 0.6) is 0 Å². The Morgan fingerprint density at radius 3 is 2.50 bits per heavy atom. The molecule has 1 N–H and O–H groups in total. The van der Waals surface area contributed by atoms with Gasteiger partial charge in [-0.2, -0.15) is 13.2 Å². The normalized spacial score (nSPS) is 16.1. The van der Waals surface area contributed by atoms with E-state index in [4.69, 9.17) is 4.42 Å². The van der Waals surface area contributed by atoms with Gasteiger partial charge in [0, 0.05) is 12.8 Å². The van der Waals surface area contributed by atoms with Crippen molar-refractivity contribution in [2.75, 3.05) is 0 Å². The number of aliphatic hydroxyl groups is 1. The van der Waals surface area contributed by atoms with E-state index in [0.29, 0.717) is 6.42 Å². The lowest BCUT2D eigenvalue weighted by Crippen LogP contribution is -2.27. The average Bonchev–Trinajstić information content (AvgIpc) is 2.52. The van der Waals surface area contributed by atoms with Crippen molar-refractivity contribution in [2.45, 2.75) is 44.4 Å². The molecule has 1 atom stereocenters. The second-order valence-corrected chi connectivity index (χ2v) is 4.27. The first kappa shape index (κ1) is 13.1. The molecule has 5 heteroatoms. The van der Waals surface area contributed by atoms with Gasteiger partial charge in [-0.05, 0) is 31.4 Å². The number of alkyl halides is 3. The molecule has 16 heavy (non-hydrogen) atoms. The van der Waals surface area contributed by atoms with Gasteiger partial charge < -0.3 is 9.52 Å². The Morgan fingerprint density at radius 1 is 1.31 bits per heavy atom. The Kier molecular flexibility index (Phi) is 4.02. The second kappa shape index (κ2) is 4.91. The van der Waals surface area contributed by atoms with E-state index in [1.54, 1.807) is 6.07 Å². The summed E-state index contributed by atoms with van der Waals surface area (Å²) in [5.74, 6) is 0. The minimum atomic E-state index is -4.15. The molecule has 0 aromatic carbocycles. The van der Waals surface area contributed by atoms with Crippen LogP contribution in [0.15, 0.2) is 23.0 Å². The molecule has 1 aromatic rings. The SMILES string of the molecule is CC(O)(CCCC(F)(F)F)Cc1ccoc1. The van der Waals surface area contributed by atoms with Crippen LogP contribution in [-0.4, -0.2) is 16.9 Å². The summed E-state index contributed by atoms with van der Waals surface area (Å²) in [5.41, 5.74) is -0.327. The molecular formula is C11H15F3O2. The number of rotatable bonds is 5.